The average Bonchev–Trinajstić information content (AvgIpc) is 2.70. The van der Waals surface area contributed by atoms with E-state index in [1.165, 1.54) is 35.3 Å². The summed E-state index contributed by atoms with van der Waals surface area (Å²) in [5.74, 6) is -0.626. The lowest BCUT2D eigenvalue weighted by molar-refractivity contribution is -0.151. The molecular formula is C12H16N2O4S2. The molecule has 6 nitrogen and oxygen atoms in total. The van der Waals surface area contributed by atoms with Crippen molar-refractivity contribution < 1.29 is 19.5 Å². The number of fused-ring (bicyclic) bond motifs is 1. The van der Waals surface area contributed by atoms with Crippen molar-refractivity contribution in [3.8, 4) is 0 Å². The molecule has 2 aliphatic rings. The van der Waals surface area contributed by atoms with E-state index in [1.807, 2.05) is 0 Å². The van der Waals surface area contributed by atoms with E-state index in [2.05, 4.69) is 5.32 Å². The molecule has 0 saturated carbocycles. The molecule has 2 heterocycles. The van der Waals surface area contributed by atoms with Crippen LogP contribution in [0, 0.1) is 0 Å². The van der Waals surface area contributed by atoms with E-state index in [0.717, 1.165) is 0 Å². The monoisotopic (exact) mass is 316 g/mol. The number of hydrogen-bond donors (Lipinski definition) is 2. The van der Waals surface area contributed by atoms with Crippen LogP contribution in [0.15, 0.2) is 11.6 Å². The predicted molar refractivity (Wildman–Crippen MR) is 78.3 cm³/mol. The third-order valence-corrected chi connectivity index (χ3v) is 6.18. The molecule has 0 aliphatic carbocycles. The number of amides is 2. The lowest BCUT2D eigenvalue weighted by atomic mass is 10.0. The molecule has 2 fully saturated rings. The van der Waals surface area contributed by atoms with E-state index in [9.17, 15) is 19.5 Å². The smallest absolute Gasteiger partial charge is 0.328 e. The van der Waals surface area contributed by atoms with Gasteiger partial charge in [-0.3, -0.25) is 9.59 Å². The summed E-state index contributed by atoms with van der Waals surface area (Å²) in [6.45, 7) is 3.73. The molecule has 2 N–H and O–H groups in total. The van der Waals surface area contributed by atoms with Crippen molar-refractivity contribution in [3.63, 3.8) is 0 Å². The van der Waals surface area contributed by atoms with Crippen molar-refractivity contribution in [3.05, 3.63) is 11.6 Å². The molecule has 0 bridgehead atoms. The Morgan fingerprint density at radius 3 is 2.80 bits per heavy atom. The molecule has 2 rings (SSSR count). The fourth-order valence-electron chi connectivity index (χ4n) is 2.22. The van der Waals surface area contributed by atoms with Crippen LogP contribution in [0.4, 0.5) is 0 Å². The summed E-state index contributed by atoms with van der Waals surface area (Å²) in [6.07, 6.45) is 1.75. The highest BCUT2D eigenvalue weighted by atomic mass is 32.2. The number of carboxylic acid groups (broad SMARTS) is 1. The van der Waals surface area contributed by atoms with Gasteiger partial charge in [0.15, 0.2) is 6.04 Å². The van der Waals surface area contributed by atoms with Crippen LogP contribution in [0.2, 0.25) is 0 Å². The number of nitrogens with zero attached hydrogens (tertiary/aromatic N) is 1. The summed E-state index contributed by atoms with van der Waals surface area (Å²) in [6, 6.07) is -0.788. The van der Waals surface area contributed by atoms with Gasteiger partial charge in [0, 0.05) is 24.8 Å². The minimum Gasteiger partial charge on any atom is -0.480 e. The molecule has 0 aromatic carbocycles. The van der Waals surface area contributed by atoms with Gasteiger partial charge in [-0.15, -0.1) is 23.5 Å². The van der Waals surface area contributed by atoms with Gasteiger partial charge in [-0.05, 0) is 6.92 Å². The molecule has 2 saturated heterocycles. The summed E-state index contributed by atoms with van der Waals surface area (Å²) in [7, 11) is 0. The topological polar surface area (TPSA) is 86.7 Å². The largest absolute Gasteiger partial charge is 0.480 e. The van der Waals surface area contributed by atoms with Gasteiger partial charge in [0.2, 0.25) is 5.91 Å². The van der Waals surface area contributed by atoms with Crippen molar-refractivity contribution in [2.75, 3.05) is 12.3 Å². The number of carbonyl (C=O) groups is 3. The van der Waals surface area contributed by atoms with Gasteiger partial charge in [-0.2, -0.15) is 0 Å². The molecule has 3 atom stereocenters. The van der Waals surface area contributed by atoms with Gasteiger partial charge in [0.1, 0.15) is 5.37 Å². The molecule has 8 heteroatoms. The van der Waals surface area contributed by atoms with E-state index in [0.29, 0.717) is 17.9 Å². The first-order valence-corrected chi connectivity index (χ1v) is 8.19. The molecule has 2 aliphatic heterocycles. The van der Waals surface area contributed by atoms with Gasteiger partial charge < -0.3 is 15.3 Å². The van der Waals surface area contributed by atoms with Crippen molar-refractivity contribution in [1.29, 1.82) is 0 Å². The Morgan fingerprint density at radius 1 is 1.55 bits per heavy atom. The Bertz CT molecular complexity index is 480. The highest BCUT2D eigenvalue weighted by molar-refractivity contribution is 8.17. The molecule has 0 radical (unpaired) electrons. The molecule has 0 spiro atoms. The van der Waals surface area contributed by atoms with Crippen LogP contribution in [0.5, 0.6) is 0 Å². The fraction of sp³-hybridized carbons (Fsp3) is 0.583. The lowest BCUT2D eigenvalue weighted by Crippen LogP contribution is -2.57. The van der Waals surface area contributed by atoms with Crippen LogP contribution in [0.1, 0.15) is 13.8 Å². The Morgan fingerprint density at radius 2 is 2.25 bits per heavy atom. The SMILES string of the molecule is C/C=C1\C(=O)N2C(C(=O)O)C(SCCNC(C)=O)S[C@H]12. The van der Waals surface area contributed by atoms with Crippen LogP contribution in [0.3, 0.4) is 0 Å². The Balaban J connectivity index is 1.97. The second-order valence-corrected chi connectivity index (χ2v) is 7.22. The van der Waals surface area contributed by atoms with Gasteiger partial charge in [-0.1, -0.05) is 6.08 Å². The van der Waals surface area contributed by atoms with Gasteiger partial charge >= 0.3 is 5.97 Å². The van der Waals surface area contributed by atoms with E-state index in [-0.39, 0.29) is 21.8 Å². The second kappa shape index (κ2) is 6.09. The average molecular weight is 316 g/mol. The zero-order chi connectivity index (χ0) is 14.9. The van der Waals surface area contributed by atoms with E-state index in [1.54, 1.807) is 13.0 Å². The standard InChI is InChI=1S/C12H16N2O4S2/c1-3-7-9(16)14-8(11(17)18)12(20-10(7)14)19-5-4-13-6(2)15/h3,8,10,12H,4-5H2,1-2H3,(H,13,15)(H,17,18)/b7-3+/t8?,10-,12?/m1/s1. The maximum Gasteiger partial charge on any atom is 0.328 e. The zero-order valence-electron chi connectivity index (χ0n) is 11.2. The maximum atomic E-state index is 11.9. The number of carboxylic acids is 1. The number of rotatable bonds is 5. The first-order chi connectivity index (χ1) is 9.47. The first kappa shape index (κ1) is 15.2. The number of hydrogen-bond acceptors (Lipinski definition) is 5. The van der Waals surface area contributed by atoms with Gasteiger partial charge in [0.05, 0.1) is 4.58 Å². The van der Waals surface area contributed by atoms with Crippen molar-refractivity contribution in [1.82, 2.24) is 10.2 Å². The predicted octanol–water partition coefficient (Wildman–Crippen LogP) is 0.496. The molecule has 0 aromatic heterocycles. The normalized spacial score (nSPS) is 30.1. The molecule has 110 valence electrons. The zero-order valence-corrected chi connectivity index (χ0v) is 12.8. The van der Waals surface area contributed by atoms with Gasteiger partial charge in [0.25, 0.3) is 5.91 Å². The van der Waals surface area contributed by atoms with Crippen LogP contribution in [-0.4, -0.2) is 56.1 Å². The van der Waals surface area contributed by atoms with Gasteiger partial charge in [-0.25, -0.2) is 4.79 Å². The molecule has 0 aromatic rings. The quantitative estimate of drug-likeness (QED) is 0.436. The first-order valence-electron chi connectivity index (χ1n) is 6.20. The summed E-state index contributed by atoms with van der Waals surface area (Å²) < 4.78 is -0.201. The number of thioether (sulfide) groups is 2. The lowest BCUT2D eigenvalue weighted by Gasteiger charge is -2.38. The molecular weight excluding hydrogens is 300 g/mol. The Kier molecular flexibility index (Phi) is 4.64. The third-order valence-electron chi connectivity index (χ3n) is 3.14. The van der Waals surface area contributed by atoms with E-state index < -0.39 is 12.0 Å². The van der Waals surface area contributed by atoms with E-state index >= 15 is 0 Å². The summed E-state index contributed by atoms with van der Waals surface area (Å²) in [5.41, 5.74) is 0.686. The van der Waals surface area contributed by atoms with Crippen molar-refractivity contribution in [2.45, 2.75) is 29.8 Å². The number of β-lactam (4-membered cyclic amide) rings is 1. The van der Waals surface area contributed by atoms with E-state index in [4.69, 9.17) is 0 Å². The number of aliphatic carboxylic acids is 1. The van der Waals surface area contributed by atoms with Crippen LogP contribution in [-0.2, 0) is 14.4 Å². The Labute approximate surface area is 125 Å². The van der Waals surface area contributed by atoms with Crippen LogP contribution in [0.25, 0.3) is 0 Å². The number of allylic oxidation sites excluding steroid dienone is 1. The second-order valence-electron chi connectivity index (χ2n) is 4.45. The van der Waals surface area contributed by atoms with Crippen molar-refractivity contribution >= 4 is 41.3 Å². The Hall–Kier alpha value is -1.15. The summed E-state index contributed by atoms with van der Waals surface area (Å²) in [4.78, 5) is 35.5. The van der Waals surface area contributed by atoms with Crippen LogP contribution >= 0.6 is 23.5 Å². The minimum atomic E-state index is -0.972. The maximum absolute atomic E-state index is 11.9. The summed E-state index contributed by atoms with van der Waals surface area (Å²) >= 11 is 2.97. The molecule has 2 unspecified atom stereocenters. The minimum absolute atomic E-state index is 0.102. The number of nitrogens with one attached hydrogen (secondary N) is 1. The molecule has 20 heavy (non-hydrogen) atoms. The number of carbonyl (C=O) groups excluding carboxylic acids is 2. The highest BCUT2D eigenvalue weighted by Crippen LogP contribution is 2.50. The summed E-state index contributed by atoms with van der Waals surface area (Å²) in [5, 5.41) is 11.9. The highest BCUT2D eigenvalue weighted by Gasteiger charge is 2.57. The van der Waals surface area contributed by atoms with Crippen LogP contribution < -0.4 is 5.32 Å². The fourth-order valence-corrected chi connectivity index (χ4v) is 5.42. The van der Waals surface area contributed by atoms with Crippen molar-refractivity contribution in [2.24, 2.45) is 0 Å². The third kappa shape index (κ3) is 2.67. The molecule has 2 amide bonds.